The zero-order valence-corrected chi connectivity index (χ0v) is 16.8. The van der Waals surface area contributed by atoms with Gasteiger partial charge in [-0.1, -0.05) is 18.2 Å². The number of pyridine rings is 1. The number of benzene rings is 2. The van der Waals surface area contributed by atoms with Gasteiger partial charge in [0, 0.05) is 29.4 Å². The van der Waals surface area contributed by atoms with E-state index >= 15 is 0 Å². The quantitative estimate of drug-likeness (QED) is 0.562. The number of ether oxygens (including phenoxy) is 1. The molecule has 0 amide bonds. The van der Waals surface area contributed by atoms with Crippen LogP contribution in [-0.2, 0) is 13.0 Å². The average molecular weight is 415 g/mol. The van der Waals surface area contributed by atoms with Crippen molar-refractivity contribution in [1.29, 1.82) is 0 Å². The first-order valence-electron chi connectivity index (χ1n) is 9.23. The van der Waals surface area contributed by atoms with Gasteiger partial charge in [-0.25, -0.2) is 13.2 Å². The van der Waals surface area contributed by atoms with Gasteiger partial charge < -0.3 is 9.30 Å². The van der Waals surface area contributed by atoms with Crippen LogP contribution in [0.4, 0.5) is 13.2 Å². The molecule has 0 aliphatic carbocycles. The monoisotopic (exact) mass is 415 g/mol. The molecule has 0 N–H and O–H groups in total. The van der Waals surface area contributed by atoms with Gasteiger partial charge >= 0.3 is 0 Å². The molecule has 30 heavy (non-hydrogen) atoms. The van der Waals surface area contributed by atoms with Crippen LogP contribution in [0, 0.1) is 31.3 Å². The first-order chi connectivity index (χ1) is 14.2. The Morgan fingerprint density at radius 3 is 2.30 bits per heavy atom. The minimum Gasteiger partial charge on any atom is -0.494 e. The van der Waals surface area contributed by atoms with Crippen LogP contribution in [0.15, 0.2) is 47.3 Å². The molecule has 0 aliphatic heterocycles. The third kappa shape index (κ3) is 4.01. The van der Waals surface area contributed by atoms with Crippen LogP contribution < -0.4 is 10.2 Å². The van der Waals surface area contributed by atoms with Crippen molar-refractivity contribution in [3.05, 3.63) is 98.2 Å². The standard InChI is InChI=1S/C23H20F3NO3/c1-13-10-19(28)22(20(29)11-15-6-4-9-21(30-3)23(15)26)14(2)27(13)12-16-17(24)7-5-8-18(16)25/h4-10H,11-12H2,1-3H3. The lowest BCUT2D eigenvalue weighted by Crippen LogP contribution is -2.25. The van der Waals surface area contributed by atoms with Crippen molar-refractivity contribution >= 4 is 5.78 Å². The molecular weight excluding hydrogens is 395 g/mol. The van der Waals surface area contributed by atoms with Crippen molar-refractivity contribution in [1.82, 2.24) is 4.57 Å². The number of carbonyl (C=O) groups is 1. The Balaban J connectivity index is 2.03. The van der Waals surface area contributed by atoms with E-state index in [0.29, 0.717) is 5.69 Å². The number of aromatic nitrogens is 1. The summed E-state index contributed by atoms with van der Waals surface area (Å²) >= 11 is 0. The second-order valence-electron chi connectivity index (χ2n) is 6.93. The second kappa shape index (κ2) is 8.57. The number of halogens is 3. The molecule has 0 atom stereocenters. The van der Waals surface area contributed by atoms with E-state index in [-0.39, 0.29) is 41.1 Å². The lowest BCUT2D eigenvalue weighted by atomic mass is 10.00. The Morgan fingerprint density at radius 1 is 1.03 bits per heavy atom. The topological polar surface area (TPSA) is 48.3 Å². The molecule has 3 rings (SSSR count). The fourth-order valence-corrected chi connectivity index (χ4v) is 3.45. The van der Waals surface area contributed by atoms with Gasteiger partial charge in [-0.15, -0.1) is 0 Å². The van der Waals surface area contributed by atoms with Gasteiger partial charge in [0.25, 0.3) is 0 Å². The van der Waals surface area contributed by atoms with Crippen molar-refractivity contribution in [2.75, 3.05) is 7.11 Å². The SMILES string of the molecule is COc1cccc(CC(=O)c2c(C)n(Cc3c(F)cccc3F)c(C)cc2=O)c1F. The molecule has 0 aliphatic rings. The highest BCUT2D eigenvalue weighted by Crippen LogP contribution is 2.22. The number of Topliss-reactive ketones (excluding diaryl/α,β-unsaturated/α-hetero) is 1. The van der Waals surface area contributed by atoms with E-state index in [1.54, 1.807) is 13.0 Å². The van der Waals surface area contributed by atoms with Gasteiger partial charge in [0.2, 0.25) is 0 Å². The van der Waals surface area contributed by atoms with Crippen LogP contribution >= 0.6 is 0 Å². The Hall–Kier alpha value is -3.35. The normalized spacial score (nSPS) is 10.9. The molecule has 0 unspecified atom stereocenters. The van der Waals surface area contributed by atoms with Gasteiger partial charge in [0.1, 0.15) is 11.6 Å². The summed E-state index contributed by atoms with van der Waals surface area (Å²) in [5, 5.41) is 0. The first-order valence-corrected chi connectivity index (χ1v) is 9.23. The maximum atomic E-state index is 14.4. The molecule has 0 radical (unpaired) electrons. The van der Waals surface area contributed by atoms with E-state index in [2.05, 4.69) is 0 Å². The Labute approximate surface area is 171 Å². The van der Waals surface area contributed by atoms with Crippen molar-refractivity contribution < 1.29 is 22.7 Å². The molecule has 0 saturated heterocycles. The molecule has 2 aromatic carbocycles. The minimum absolute atomic E-state index is 0.00614. The molecule has 156 valence electrons. The third-order valence-electron chi connectivity index (χ3n) is 5.05. The molecule has 0 saturated carbocycles. The van der Waals surface area contributed by atoms with Gasteiger partial charge in [-0.2, -0.15) is 0 Å². The van der Waals surface area contributed by atoms with E-state index in [9.17, 15) is 22.8 Å². The summed E-state index contributed by atoms with van der Waals surface area (Å²) < 4.78 is 49.1. The number of ketones is 1. The molecule has 0 fully saturated rings. The summed E-state index contributed by atoms with van der Waals surface area (Å²) in [5.74, 6) is -2.72. The Bertz CT molecular complexity index is 1160. The third-order valence-corrected chi connectivity index (χ3v) is 5.05. The van der Waals surface area contributed by atoms with Crippen LogP contribution in [0.5, 0.6) is 5.75 Å². The van der Waals surface area contributed by atoms with Gasteiger partial charge in [0.05, 0.1) is 19.2 Å². The van der Waals surface area contributed by atoms with Crippen molar-refractivity contribution in [3.8, 4) is 5.75 Å². The number of hydrogen-bond donors (Lipinski definition) is 0. The van der Waals surface area contributed by atoms with Gasteiger partial charge in [-0.3, -0.25) is 9.59 Å². The van der Waals surface area contributed by atoms with Crippen LogP contribution in [0.2, 0.25) is 0 Å². The van der Waals surface area contributed by atoms with Crippen LogP contribution in [0.3, 0.4) is 0 Å². The molecule has 0 bridgehead atoms. The summed E-state index contributed by atoms with van der Waals surface area (Å²) in [6.07, 6.45) is -0.351. The average Bonchev–Trinajstić information content (AvgIpc) is 2.68. The number of rotatable bonds is 6. The molecular formula is C23H20F3NO3. The van der Waals surface area contributed by atoms with Crippen molar-refractivity contribution in [2.45, 2.75) is 26.8 Å². The van der Waals surface area contributed by atoms with E-state index in [1.807, 2.05) is 0 Å². The largest absolute Gasteiger partial charge is 0.494 e. The molecule has 1 heterocycles. The summed E-state index contributed by atoms with van der Waals surface area (Å²) in [7, 11) is 1.31. The smallest absolute Gasteiger partial charge is 0.192 e. The number of methoxy groups -OCH3 is 1. The van der Waals surface area contributed by atoms with Gasteiger partial charge in [-0.05, 0) is 37.6 Å². The molecule has 3 aromatic rings. The fraction of sp³-hybridized carbons (Fsp3) is 0.217. The number of hydrogen-bond acceptors (Lipinski definition) is 3. The first kappa shape index (κ1) is 21.4. The lowest BCUT2D eigenvalue weighted by Gasteiger charge is -2.18. The fourth-order valence-electron chi connectivity index (χ4n) is 3.45. The summed E-state index contributed by atoms with van der Waals surface area (Å²) in [4.78, 5) is 25.4. The Kier molecular flexibility index (Phi) is 6.10. The molecule has 4 nitrogen and oxygen atoms in total. The zero-order chi connectivity index (χ0) is 22.0. The molecule has 1 aromatic heterocycles. The number of aryl methyl sites for hydroxylation is 1. The Morgan fingerprint density at radius 2 is 1.67 bits per heavy atom. The van der Waals surface area contributed by atoms with Crippen molar-refractivity contribution in [2.24, 2.45) is 0 Å². The highest BCUT2D eigenvalue weighted by molar-refractivity contribution is 5.98. The maximum absolute atomic E-state index is 14.4. The summed E-state index contributed by atoms with van der Waals surface area (Å²) in [6, 6.07) is 9.19. The number of carbonyl (C=O) groups excluding carboxylic acids is 1. The van der Waals surface area contributed by atoms with Crippen LogP contribution in [0.25, 0.3) is 0 Å². The predicted octanol–water partition coefficient (Wildman–Crippen LogP) is 4.36. The van der Waals surface area contributed by atoms with E-state index in [4.69, 9.17) is 4.74 Å². The van der Waals surface area contributed by atoms with E-state index < -0.39 is 28.7 Å². The highest BCUT2D eigenvalue weighted by atomic mass is 19.1. The van der Waals surface area contributed by atoms with E-state index in [0.717, 1.165) is 12.1 Å². The second-order valence-corrected chi connectivity index (χ2v) is 6.93. The molecule has 0 spiro atoms. The van der Waals surface area contributed by atoms with Crippen molar-refractivity contribution in [3.63, 3.8) is 0 Å². The van der Waals surface area contributed by atoms with Crippen LogP contribution in [0.1, 0.15) is 32.9 Å². The zero-order valence-electron chi connectivity index (χ0n) is 16.8. The van der Waals surface area contributed by atoms with E-state index in [1.165, 1.54) is 42.9 Å². The summed E-state index contributed by atoms with van der Waals surface area (Å²) in [6.45, 7) is 2.95. The maximum Gasteiger partial charge on any atom is 0.192 e. The lowest BCUT2D eigenvalue weighted by molar-refractivity contribution is 0.0989. The minimum atomic E-state index is -0.723. The van der Waals surface area contributed by atoms with Crippen LogP contribution in [-0.4, -0.2) is 17.5 Å². The summed E-state index contributed by atoms with van der Waals surface area (Å²) in [5.41, 5.74) is -0.0432. The van der Waals surface area contributed by atoms with Gasteiger partial charge in [0.15, 0.2) is 22.8 Å². The molecule has 7 heteroatoms. The number of nitrogens with zero attached hydrogens (tertiary/aromatic N) is 1. The highest BCUT2D eigenvalue weighted by Gasteiger charge is 2.21. The predicted molar refractivity (Wildman–Crippen MR) is 107 cm³/mol.